The lowest BCUT2D eigenvalue weighted by atomic mass is 10.1. The third kappa shape index (κ3) is 3.49. The van der Waals surface area contributed by atoms with E-state index in [4.69, 9.17) is 0 Å². The number of thioether (sulfide) groups is 1. The van der Waals surface area contributed by atoms with Gasteiger partial charge in [0.2, 0.25) is 5.91 Å². The highest BCUT2D eigenvalue weighted by Crippen LogP contribution is 2.29. The fourth-order valence-corrected chi connectivity index (χ4v) is 3.36. The average Bonchev–Trinajstić information content (AvgIpc) is 2.89. The largest absolute Gasteiger partial charge is 0.290 e. The summed E-state index contributed by atoms with van der Waals surface area (Å²) in [5, 5.41) is 0.925. The Morgan fingerprint density at radius 3 is 2.33 bits per heavy atom. The van der Waals surface area contributed by atoms with Gasteiger partial charge in [0.1, 0.15) is 0 Å². The van der Waals surface area contributed by atoms with Crippen LogP contribution >= 0.6 is 11.8 Å². The number of benzene rings is 2. The average molecular weight is 340 g/mol. The number of nitrogens with one attached hydrogen (secondary N) is 1. The zero-order valence-corrected chi connectivity index (χ0v) is 13.9. The summed E-state index contributed by atoms with van der Waals surface area (Å²) in [6.07, 6.45) is 0.160. The Bertz CT molecular complexity index is 775. The van der Waals surface area contributed by atoms with Gasteiger partial charge in [-0.1, -0.05) is 48.0 Å². The molecule has 0 bridgehead atoms. The molecule has 3 rings (SSSR count). The molecule has 122 valence electrons. The van der Waals surface area contributed by atoms with Crippen molar-refractivity contribution in [1.29, 1.82) is 0 Å². The minimum Gasteiger partial charge on any atom is -0.290 e. The molecular formula is C18H16N2O3S. The zero-order chi connectivity index (χ0) is 17.1. The maximum Gasteiger partial charge on any atom is 0.288 e. The number of anilines is 1. The second-order valence-electron chi connectivity index (χ2n) is 5.51. The van der Waals surface area contributed by atoms with Crippen molar-refractivity contribution in [3.8, 4) is 0 Å². The molecular weight excluding hydrogens is 324 g/mol. The number of hydrogen-bond donors (Lipinski definition) is 1. The summed E-state index contributed by atoms with van der Waals surface area (Å²) >= 11 is 0.825. The number of aryl methyl sites for hydroxylation is 1. The lowest BCUT2D eigenvalue weighted by Crippen LogP contribution is -2.44. The van der Waals surface area contributed by atoms with Crippen LogP contribution in [0, 0.1) is 6.92 Å². The molecule has 0 aromatic heterocycles. The third-order valence-corrected chi connectivity index (χ3v) is 4.65. The molecule has 1 saturated heterocycles. The molecule has 6 heteroatoms. The standard InChI is InChI=1S/C18H16N2O3S/c1-12-7-9-14(10-8-12)20(17-16(22)19-18(23)24-17)15(21)11-13-5-3-2-4-6-13/h2-10,17H,11H2,1H3,(H,19,22,23)/t17-/m1/s1. The number of hydrogen-bond acceptors (Lipinski definition) is 4. The predicted octanol–water partition coefficient (Wildman–Crippen LogP) is 2.88. The summed E-state index contributed by atoms with van der Waals surface area (Å²) < 4.78 is 0. The molecule has 1 aliphatic heterocycles. The van der Waals surface area contributed by atoms with Crippen LogP contribution in [0.5, 0.6) is 0 Å². The fraction of sp³-hybridized carbons (Fsp3) is 0.167. The number of carbonyl (C=O) groups excluding carboxylic acids is 3. The van der Waals surface area contributed by atoms with Gasteiger partial charge in [-0.25, -0.2) is 0 Å². The SMILES string of the molecule is Cc1ccc(N(C(=O)Cc2ccccc2)[C@@H]2SC(=O)NC2=O)cc1. The van der Waals surface area contributed by atoms with Crippen molar-refractivity contribution < 1.29 is 14.4 Å². The van der Waals surface area contributed by atoms with E-state index in [1.165, 1.54) is 4.90 Å². The van der Waals surface area contributed by atoms with Crippen LogP contribution in [0.4, 0.5) is 10.5 Å². The first-order valence-electron chi connectivity index (χ1n) is 7.49. The Morgan fingerprint density at radius 1 is 1.08 bits per heavy atom. The first kappa shape index (κ1) is 16.3. The van der Waals surface area contributed by atoms with Crippen molar-refractivity contribution >= 4 is 34.5 Å². The summed E-state index contributed by atoms with van der Waals surface area (Å²) in [5.41, 5.74) is 2.51. The third-order valence-electron chi connectivity index (χ3n) is 3.68. The van der Waals surface area contributed by atoms with E-state index < -0.39 is 16.5 Å². The molecule has 0 saturated carbocycles. The van der Waals surface area contributed by atoms with E-state index in [-0.39, 0.29) is 12.3 Å². The minimum atomic E-state index is -0.878. The van der Waals surface area contributed by atoms with E-state index >= 15 is 0 Å². The van der Waals surface area contributed by atoms with Crippen molar-refractivity contribution in [3.63, 3.8) is 0 Å². The van der Waals surface area contributed by atoms with Crippen LogP contribution in [0.1, 0.15) is 11.1 Å². The lowest BCUT2D eigenvalue weighted by Gasteiger charge is -2.26. The van der Waals surface area contributed by atoms with Crippen molar-refractivity contribution in [3.05, 3.63) is 65.7 Å². The van der Waals surface area contributed by atoms with Crippen LogP contribution in [-0.4, -0.2) is 22.4 Å². The van der Waals surface area contributed by atoms with Gasteiger partial charge >= 0.3 is 0 Å². The van der Waals surface area contributed by atoms with E-state index in [0.29, 0.717) is 5.69 Å². The molecule has 1 N–H and O–H groups in total. The number of imide groups is 1. The number of rotatable bonds is 4. The highest BCUT2D eigenvalue weighted by atomic mass is 32.2. The predicted molar refractivity (Wildman–Crippen MR) is 93.7 cm³/mol. The highest BCUT2D eigenvalue weighted by Gasteiger charge is 2.39. The molecule has 2 aromatic rings. The number of nitrogens with zero attached hydrogens (tertiary/aromatic N) is 1. The Morgan fingerprint density at radius 2 is 1.75 bits per heavy atom. The maximum absolute atomic E-state index is 12.9. The number of carbonyl (C=O) groups is 3. The normalized spacial score (nSPS) is 16.8. The zero-order valence-electron chi connectivity index (χ0n) is 13.1. The highest BCUT2D eigenvalue weighted by molar-refractivity contribution is 8.15. The first-order chi connectivity index (χ1) is 11.5. The molecule has 0 aliphatic carbocycles. The molecule has 1 aliphatic rings. The van der Waals surface area contributed by atoms with Gasteiger partial charge in [-0.3, -0.25) is 24.6 Å². The summed E-state index contributed by atoms with van der Waals surface area (Å²) in [6, 6.07) is 16.6. The number of amides is 3. The Balaban J connectivity index is 1.92. The molecule has 5 nitrogen and oxygen atoms in total. The van der Waals surface area contributed by atoms with Gasteiger partial charge < -0.3 is 0 Å². The summed E-state index contributed by atoms with van der Waals surface area (Å²) in [4.78, 5) is 37.9. The summed E-state index contributed by atoms with van der Waals surface area (Å²) in [7, 11) is 0. The second kappa shape index (κ2) is 6.88. The van der Waals surface area contributed by atoms with Gasteiger partial charge in [-0.2, -0.15) is 0 Å². The van der Waals surface area contributed by atoms with Gasteiger partial charge in [-0.05, 0) is 36.4 Å². The molecule has 0 unspecified atom stereocenters. The van der Waals surface area contributed by atoms with Gasteiger partial charge in [0.25, 0.3) is 11.1 Å². The van der Waals surface area contributed by atoms with Gasteiger partial charge in [0.15, 0.2) is 5.37 Å². The van der Waals surface area contributed by atoms with Gasteiger partial charge in [-0.15, -0.1) is 0 Å². The van der Waals surface area contributed by atoms with Crippen molar-refractivity contribution in [1.82, 2.24) is 5.32 Å². The van der Waals surface area contributed by atoms with E-state index in [1.807, 2.05) is 49.4 Å². The Labute approximate surface area is 144 Å². The van der Waals surface area contributed by atoms with E-state index in [2.05, 4.69) is 5.32 Å². The van der Waals surface area contributed by atoms with Crippen LogP contribution < -0.4 is 10.2 Å². The first-order valence-corrected chi connectivity index (χ1v) is 8.37. The molecule has 3 amide bonds. The van der Waals surface area contributed by atoms with Crippen LogP contribution in [0.15, 0.2) is 54.6 Å². The molecule has 1 atom stereocenters. The van der Waals surface area contributed by atoms with E-state index in [9.17, 15) is 14.4 Å². The quantitative estimate of drug-likeness (QED) is 0.929. The monoisotopic (exact) mass is 340 g/mol. The summed E-state index contributed by atoms with van der Waals surface area (Å²) in [5.74, 6) is -0.695. The molecule has 1 fully saturated rings. The van der Waals surface area contributed by atoms with Crippen LogP contribution in [0.2, 0.25) is 0 Å². The second-order valence-corrected chi connectivity index (χ2v) is 6.56. The van der Waals surface area contributed by atoms with Crippen molar-refractivity contribution in [2.75, 3.05) is 4.90 Å². The van der Waals surface area contributed by atoms with E-state index in [1.54, 1.807) is 12.1 Å². The molecule has 24 heavy (non-hydrogen) atoms. The fourth-order valence-electron chi connectivity index (χ4n) is 2.49. The van der Waals surface area contributed by atoms with Crippen molar-refractivity contribution in [2.45, 2.75) is 18.7 Å². The minimum absolute atomic E-state index is 0.160. The van der Waals surface area contributed by atoms with E-state index in [0.717, 1.165) is 22.9 Å². The lowest BCUT2D eigenvalue weighted by molar-refractivity contribution is -0.123. The van der Waals surface area contributed by atoms with Crippen molar-refractivity contribution in [2.24, 2.45) is 0 Å². The molecule has 2 aromatic carbocycles. The molecule has 0 spiro atoms. The van der Waals surface area contributed by atoms with Gasteiger partial charge in [0.05, 0.1) is 6.42 Å². The van der Waals surface area contributed by atoms with Gasteiger partial charge in [0, 0.05) is 5.69 Å². The summed E-state index contributed by atoms with van der Waals surface area (Å²) in [6.45, 7) is 1.94. The Hall–Kier alpha value is -2.60. The molecule has 1 heterocycles. The van der Waals surface area contributed by atoms with Crippen LogP contribution in [-0.2, 0) is 16.0 Å². The van der Waals surface area contributed by atoms with Crippen LogP contribution in [0.3, 0.4) is 0 Å². The Kier molecular flexibility index (Phi) is 4.66. The molecule has 0 radical (unpaired) electrons. The van der Waals surface area contributed by atoms with Crippen LogP contribution in [0.25, 0.3) is 0 Å². The maximum atomic E-state index is 12.9. The smallest absolute Gasteiger partial charge is 0.288 e. The topological polar surface area (TPSA) is 66.5 Å².